The van der Waals surface area contributed by atoms with Gasteiger partial charge in [-0.2, -0.15) is 0 Å². The summed E-state index contributed by atoms with van der Waals surface area (Å²) in [5, 5.41) is 4.90. The van der Waals surface area contributed by atoms with Gasteiger partial charge in [-0.05, 0) is 17.8 Å². The molecule has 0 aromatic carbocycles. The summed E-state index contributed by atoms with van der Waals surface area (Å²) in [5.74, 6) is 0.659. The van der Waals surface area contributed by atoms with Gasteiger partial charge in [0.2, 0.25) is 10.0 Å². The minimum Gasteiger partial charge on any atom is -0.229 e. The molecule has 1 fully saturated rings. The molecule has 60 valence electrons. The summed E-state index contributed by atoms with van der Waals surface area (Å²) in [7, 11) is -3.25. The minimum absolute atomic E-state index is 0.0203. The van der Waals surface area contributed by atoms with Crippen LogP contribution in [0.1, 0.15) is 20.3 Å². The third-order valence-electron chi connectivity index (χ3n) is 2.33. The molecular weight excluding hydrogens is 150 g/mol. The Morgan fingerprint density at radius 1 is 1.70 bits per heavy atom. The number of hydrogen-bond acceptors (Lipinski definition) is 2. The Labute approximate surface area is 61.7 Å². The normalized spacial score (nSPS) is 39.7. The molecule has 0 aliphatic heterocycles. The molecule has 0 saturated heterocycles. The summed E-state index contributed by atoms with van der Waals surface area (Å²) in [6, 6.07) is 0. The number of nitrogens with two attached hydrogens (primary N) is 1. The van der Waals surface area contributed by atoms with Crippen LogP contribution >= 0.6 is 0 Å². The van der Waals surface area contributed by atoms with Gasteiger partial charge in [-0.1, -0.05) is 13.8 Å². The number of primary sulfonamides is 1. The first kappa shape index (κ1) is 8.01. The van der Waals surface area contributed by atoms with E-state index < -0.39 is 10.0 Å². The molecule has 0 aromatic rings. The van der Waals surface area contributed by atoms with E-state index in [9.17, 15) is 8.42 Å². The second-order valence-electron chi connectivity index (χ2n) is 3.57. The number of sulfonamides is 1. The van der Waals surface area contributed by atoms with E-state index in [1.54, 1.807) is 0 Å². The van der Waals surface area contributed by atoms with Crippen molar-refractivity contribution in [3.05, 3.63) is 0 Å². The first-order chi connectivity index (χ1) is 4.33. The average Bonchev–Trinajstić information content (AvgIpc) is 2.05. The fourth-order valence-electron chi connectivity index (χ4n) is 1.30. The van der Waals surface area contributed by atoms with Gasteiger partial charge in [0, 0.05) is 0 Å². The van der Waals surface area contributed by atoms with Crippen molar-refractivity contribution in [3.8, 4) is 0 Å². The van der Waals surface area contributed by atoms with Crippen LogP contribution in [0.25, 0.3) is 0 Å². The Balaban J connectivity index is 2.57. The van der Waals surface area contributed by atoms with E-state index in [-0.39, 0.29) is 11.2 Å². The summed E-state index contributed by atoms with van der Waals surface area (Å²) in [6.07, 6.45) is 0.990. The van der Waals surface area contributed by atoms with Gasteiger partial charge in [0.1, 0.15) is 0 Å². The molecule has 1 aliphatic carbocycles. The van der Waals surface area contributed by atoms with E-state index in [0.29, 0.717) is 5.92 Å². The summed E-state index contributed by atoms with van der Waals surface area (Å²) in [4.78, 5) is 0. The molecule has 2 unspecified atom stereocenters. The summed E-state index contributed by atoms with van der Waals surface area (Å²) in [5.41, 5.74) is -0.0203. The predicted octanol–water partition coefficient (Wildman–Crippen LogP) is 0.321. The molecule has 2 N–H and O–H groups in total. The predicted molar refractivity (Wildman–Crippen MR) is 39.9 cm³/mol. The van der Waals surface area contributed by atoms with Crippen molar-refractivity contribution >= 4 is 10.0 Å². The SMILES string of the molecule is CC1CC1(C)CS(N)(=O)=O. The quantitative estimate of drug-likeness (QED) is 0.637. The summed E-state index contributed by atoms with van der Waals surface area (Å²) < 4.78 is 21.2. The van der Waals surface area contributed by atoms with Crippen molar-refractivity contribution < 1.29 is 8.42 Å². The van der Waals surface area contributed by atoms with E-state index in [2.05, 4.69) is 0 Å². The lowest BCUT2D eigenvalue weighted by molar-refractivity contribution is 0.547. The van der Waals surface area contributed by atoms with E-state index in [0.717, 1.165) is 6.42 Å². The van der Waals surface area contributed by atoms with Gasteiger partial charge in [0.05, 0.1) is 5.75 Å². The molecule has 1 saturated carbocycles. The fourth-order valence-corrected chi connectivity index (χ4v) is 2.62. The number of hydrogen-bond donors (Lipinski definition) is 1. The lowest BCUT2D eigenvalue weighted by atomic mass is 10.1. The Hall–Kier alpha value is -0.0900. The van der Waals surface area contributed by atoms with Gasteiger partial charge in [-0.25, -0.2) is 13.6 Å². The standard InChI is InChI=1S/C6H13NO2S/c1-5-3-6(5,2)4-10(7,8)9/h5H,3-4H2,1-2H3,(H2,7,8,9). The van der Waals surface area contributed by atoms with Gasteiger partial charge in [0.15, 0.2) is 0 Å². The molecule has 0 aromatic heterocycles. The van der Waals surface area contributed by atoms with Crippen molar-refractivity contribution in [3.63, 3.8) is 0 Å². The maximum Gasteiger partial charge on any atom is 0.209 e. The minimum atomic E-state index is -3.25. The maximum absolute atomic E-state index is 10.6. The van der Waals surface area contributed by atoms with Crippen LogP contribution in [0.5, 0.6) is 0 Å². The first-order valence-corrected chi connectivity index (χ1v) is 5.05. The molecule has 2 atom stereocenters. The lowest BCUT2D eigenvalue weighted by Gasteiger charge is -2.05. The Morgan fingerprint density at radius 3 is 2.20 bits per heavy atom. The van der Waals surface area contributed by atoms with Gasteiger partial charge in [0.25, 0.3) is 0 Å². The zero-order valence-corrected chi connectivity index (χ0v) is 7.11. The molecule has 10 heavy (non-hydrogen) atoms. The van der Waals surface area contributed by atoms with Crippen LogP contribution in [0, 0.1) is 11.3 Å². The van der Waals surface area contributed by atoms with E-state index in [1.807, 2.05) is 13.8 Å². The second kappa shape index (κ2) is 1.95. The second-order valence-corrected chi connectivity index (χ2v) is 5.18. The van der Waals surface area contributed by atoms with Crippen molar-refractivity contribution in [2.24, 2.45) is 16.5 Å². The fraction of sp³-hybridized carbons (Fsp3) is 1.00. The van der Waals surface area contributed by atoms with Crippen molar-refractivity contribution in [1.82, 2.24) is 0 Å². The first-order valence-electron chi connectivity index (χ1n) is 3.34. The van der Waals surface area contributed by atoms with Gasteiger partial charge in [-0.3, -0.25) is 0 Å². The Bertz CT molecular complexity index is 234. The zero-order valence-electron chi connectivity index (χ0n) is 6.29. The largest absolute Gasteiger partial charge is 0.229 e. The third-order valence-corrected chi connectivity index (χ3v) is 3.39. The zero-order chi connectivity index (χ0) is 7.99. The lowest BCUT2D eigenvalue weighted by Crippen LogP contribution is -2.23. The molecule has 0 heterocycles. The van der Waals surface area contributed by atoms with Crippen LogP contribution in [-0.2, 0) is 10.0 Å². The summed E-state index contributed by atoms with van der Waals surface area (Å²) >= 11 is 0. The topological polar surface area (TPSA) is 60.2 Å². The maximum atomic E-state index is 10.6. The van der Waals surface area contributed by atoms with Crippen molar-refractivity contribution in [1.29, 1.82) is 0 Å². The average molecular weight is 163 g/mol. The highest BCUT2D eigenvalue weighted by molar-refractivity contribution is 7.89. The van der Waals surface area contributed by atoms with Crippen LogP contribution in [0.15, 0.2) is 0 Å². The van der Waals surface area contributed by atoms with Crippen LogP contribution in [0.3, 0.4) is 0 Å². The molecule has 3 nitrogen and oxygen atoms in total. The molecular formula is C6H13NO2S. The highest BCUT2D eigenvalue weighted by Gasteiger charge is 2.48. The van der Waals surface area contributed by atoms with Crippen LogP contribution in [0.2, 0.25) is 0 Å². The summed E-state index contributed by atoms with van der Waals surface area (Å²) in [6.45, 7) is 4.01. The van der Waals surface area contributed by atoms with Crippen LogP contribution in [0.4, 0.5) is 0 Å². The van der Waals surface area contributed by atoms with Crippen LogP contribution in [-0.4, -0.2) is 14.2 Å². The molecule has 0 amide bonds. The van der Waals surface area contributed by atoms with Crippen molar-refractivity contribution in [2.45, 2.75) is 20.3 Å². The monoisotopic (exact) mass is 163 g/mol. The van der Waals surface area contributed by atoms with Gasteiger partial charge < -0.3 is 0 Å². The molecule has 4 heteroatoms. The molecule has 0 radical (unpaired) electrons. The van der Waals surface area contributed by atoms with Crippen LogP contribution < -0.4 is 5.14 Å². The highest BCUT2D eigenvalue weighted by atomic mass is 32.2. The molecule has 0 spiro atoms. The third kappa shape index (κ3) is 1.70. The molecule has 1 aliphatic rings. The Kier molecular flexibility index (Phi) is 1.56. The van der Waals surface area contributed by atoms with E-state index >= 15 is 0 Å². The molecule has 1 rings (SSSR count). The van der Waals surface area contributed by atoms with Gasteiger partial charge in [-0.15, -0.1) is 0 Å². The molecule has 0 bridgehead atoms. The van der Waals surface area contributed by atoms with Crippen molar-refractivity contribution in [2.75, 3.05) is 5.75 Å². The highest BCUT2D eigenvalue weighted by Crippen LogP contribution is 2.52. The smallest absolute Gasteiger partial charge is 0.209 e. The Morgan fingerprint density at radius 2 is 2.10 bits per heavy atom. The number of rotatable bonds is 2. The van der Waals surface area contributed by atoms with Gasteiger partial charge >= 0.3 is 0 Å². The van der Waals surface area contributed by atoms with E-state index in [4.69, 9.17) is 5.14 Å². The van der Waals surface area contributed by atoms with E-state index in [1.165, 1.54) is 0 Å².